The Kier molecular flexibility index (Phi) is 7.00. The number of nitrogens with two attached hydrogens (primary N) is 1. The zero-order valence-electron chi connectivity index (χ0n) is 16.4. The molecule has 30 heavy (non-hydrogen) atoms. The highest BCUT2D eigenvalue weighted by molar-refractivity contribution is 5.97. The average Bonchev–Trinajstić information content (AvgIpc) is 2.78. The Balaban J connectivity index is 1.49. The van der Waals surface area contributed by atoms with E-state index in [1.54, 1.807) is 31.2 Å². The van der Waals surface area contributed by atoms with Crippen molar-refractivity contribution >= 4 is 17.4 Å². The molecule has 6 nitrogen and oxygen atoms in total. The van der Waals surface area contributed by atoms with Crippen LogP contribution in [0.5, 0.6) is 5.75 Å². The first-order valence-electron chi connectivity index (χ1n) is 9.34. The van der Waals surface area contributed by atoms with Gasteiger partial charge in [0.1, 0.15) is 18.2 Å². The van der Waals surface area contributed by atoms with E-state index in [-0.39, 0.29) is 17.6 Å². The normalized spacial score (nSPS) is 12.1. The van der Waals surface area contributed by atoms with Crippen LogP contribution in [0.25, 0.3) is 0 Å². The van der Waals surface area contributed by atoms with Gasteiger partial charge >= 0.3 is 0 Å². The van der Waals surface area contributed by atoms with E-state index in [4.69, 9.17) is 15.3 Å². The first-order chi connectivity index (χ1) is 14.5. The SMILES string of the molecule is CC(O/N=C(/N)c1ccc(F)cc1)C(=O)Nc1ccc(OCc2ccccc2)cc1. The van der Waals surface area contributed by atoms with Crippen molar-refractivity contribution in [2.45, 2.75) is 19.6 Å². The zero-order chi connectivity index (χ0) is 21.3. The molecule has 3 aromatic rings. The number of anilines is 1. The summed E-state index contributed by atoms with van der Waals surface area (Å²) in [7, 11) is 0. The highest BCUT2D eigenvalue weighted by Crippen LogP contribution is 2.17. The number of amides is 1. The third kappa shape index (κ3) is 6.07. The summed E-state index contributed by atoms with van der Waals surface area (Å²) in [6, 6.07) is 22.3. The molecule has 3 aromatic carbocycles. The summed E-state index contributed by atoms with van der Waals surface area (Å²) >= 11 is 0. The second-order valence-electron chi connectivity index (χ2n) is 6.52. The zero-order valence-corrected chi connectivity index (χ0v) is 16.4. The summed E-state index contributed by atoms with van der Waals surface area (Å²) in [5, 5.41) is 6.48. The van der Waals surface area contributed by atoms with Crippen LogP contribution in [0.15, 0.2) is 84.0 Å². The molecule has 0 spiro atoms. The highest BCUT2D eigenvalue weighted by Gasteiger charge is 2.15. The minimum absolute atomic E-state index is 0.0505. The number of nitrogens with one attached hydrogen (secondary N) is 1. The Hall–Kier alpha value is -3.87. The number of ether oxygens (including phenoxy) is 1. The molecule has 0 radical (unpaired) electrons. The predicted octanol–water partition coefficient (Wildman–Crippen LogP) is 4.07. The van der Waals surface area contributed by atoms with Crippen LogP contribution in [0.2, 0.25) is 0 Å². The Labute approximate surface area is 174 Å². The first kappa shape index (κ1) is 20.9. The minimum atomic E-state index is -0.877. The van der Waals surface area contributed by atoms with Crippen molar-refractivity contribution in [3.63, 3.8) is 0 Å². The van der Waals surface area contributed by atoms with Gasteiger partial charge in [-0.3, -0.25) is 4.79 Å². The standard InChI is InChI=1S/C23H22FN3O3/c1-16(30-27-22(25)18-7-9-19(24)10-8-18)23(28)26-20-11-13-21(14-12-20)29-15-17-5-3-2-4-6-17/h2-14,16H,15H2,1H3,(H2,25,27)(H,26,28). The third-order valence-corrected chi connectivity index (χ3v) is 4.19. The molecule has 0 saturated carbocycles. The molecule has 0 fully saturated rings. The van der Waals surface area contributed by atoms with Crippen LogP contribution < -0.4 is 15.8 Å². The molecule has 0 aliphatic carbocycles. The van der Waals surface area contributed by atoms with E-state index in [2.05, 4.69) is 10.5 Å². The molecule has 0 bridgehead atoms. The molecule has 1 unspecified atom stereocenters. The summed E-state index contributed by atoms with van der Waals surface area (Å²) in [6.07, 6.45) is -0.877. The number of carbonyl (C=O) groups excluding carboxylic acids is 1. The number of halogens is 1. The van der Waals surface area contributed by atoms with Gasteiger partial charge in [-0.2, -0.15) is 0 Å². The monoisotopic (exact) mass is 407 g/mol. The molecular formula is C23H22FN3O3. The van der Waals surface area contributed by atoms with Crippen molar-refractivity contribution in [1.29, 1.82) is 0 Å². The van der Waals surface area contributed by atoms with Gasteiger partial charge in [-0.15, -0.1) is 0 Å². The van der Waals surface area contributed by atoms with E-state index in [9.17, 15) is 9.18 Å². The molecule has 0 aliphatic rings. The van der Waals surface area contributed by atoms with Gasteiger partial charge in [0.15, 0.2) is 5.84 Å². The summed E-state index contributed by atoms with van der Waals surface area (Å²) in [5.74, 6) is -0.0206. The fourth-order valence-electron chi connectivity index (χ4n) is 2.48. The van der Waals surface area contributed by atoms with Crippen molar-refractivity contribution < 1.29 is 18.8 Å². The quantitative estimate of drug-likeness (QED) is 0.335. The van der Waals surface area contributed by atoms with Crippen LogP contribution in [0.4, 0.5) is 10.1 Å². The van der Waals surface area contributed by atoms with Crippen LogP contribution in [-0.4, -0.2) is 17.8 Å². The average molecular weight is 407 g/mol. The van der Waals surface area contributed by atoms with Crippen LogP contribution >= 0.6 is 0 Å². The van der Waals surface area contributed by atoms with Crippen molar-refractivity contribution in [3.8, 4) is 5.75 Å². The Morgan fingerprint density at radius 1 is 1.03 bits per heavy atom. The molecule has 1 amide bonds. The second-order valence-corrected chi connectivity index (χ2v) is 6.52. The summed E-state index contributed by atoms with van der Waals surface area (Å²) in [6.45, 7) is 2.01. The molecular weight excluding hydrogens is 385 g/mol. The number of rotatable bonds is 8. The van der Waals surface area contributed by atoms with E-state index in [0.717, 1.165) is 5.56 Å². The number of amidine groups is 1. The molecule has 3 rings (SSSR count). The van der Waals surface area contributed by atoms with E-state index in [1.807, 2.05) is 30.3 Å². The number of benzene rings is 3. The first-order valence-corrected chi connectivity index (χ1v) is 9.34. The van der Waals surface area contributed by atoms with Gasteiger partial charge < -0.3 is 20.6 Å². The summed E-state index contributed by atoms with van der Waals surface area (Å²) in [4.78, 5) is 17.4. The van der Waals surface area contributed by atoms with E-state index < -0.39 is 6.10 Å². The molecule has 0 aromatic heterocycles. The van der Waals surface area contributed by atoms with Gasteiger partial charge in [0.05, 0.1) is 0 Å². The van der Waals surface area contributed by atoms with Gasteiger partial charge in [0.25, 0.3) is 5.91 Å². The lowest BCUT2D eigenvalue weighted by atomic mass is 10.2. The number of nitrogens with zero attached hydrogens (tertiary/aromatic N) is 1. The van der Waals surface area contributed by atoms with Crippen LogP contribution in [0, 0.1) is 5.82 Å². The molecule has 1 atom stereocenters. The van der Waals surface area contributed by atoms with Crippen molar-refractivity contribution in [1.82, 2.24) is 0 Å². The second kappa shape index (κ2) is 10.1. The molecule has 154 valence electrons. The molecule has 7 heteroatoms. The molecule has 0 heterocycles. The molecule has 0 aliphatic heterocycles. The van der Waals surface area contributed by atoms with Crippen LogP contribution in [-0.2, 0) is 16.2 Å². The highest BCUT2D eigenvalue weighted by atomic mass is 19.1. The number of oxime groups is 1. The Bertz CT molecular complexity index is 990. The molecule has 3 N–H and O–H groups in total. The van der Waals surface area contributed by atoms with E-state index in [0.29, 0.717) is 23.6 Å². The van der Waals surface area contributed by atoms with E-state index in [1.165, 1.54) is 24.3 Å². The van der Waals surface area contributed by atoms with Gasteiger partial charge in [0.2, 0.25) is 6.10 Å². The maximum atomic E-state index is 13.0. The third-order valence-electron chi connectivity index (χ3n) is 4.19. The fourth-order valence-corrected chi connectivity index (χ4v) is 2.48. The predicted molar refractivity (Wildman–Crippen MR) is 114 cm³/mol. The van der Waals surface area contributed by atoms with Crippen molar-refractivity contribution in [2.75, 3.05) is 5.32 Å². The maximum absolute atomic E-state index is 13.0. The number of hydrogen-bond donors (Lipinski definition) is 2. The summed E-state index contributed by atoms with van der Waals surface area (Å²) < 4.78 is 18.7. The van der Waals surface area contributed by atoms with Crippen LogP contribution in [0.1, 0.15) is 18.1 Å². The van der Waals surface area contributed by atoms with Crippen molar-refractivity contribution in [3.05, 3.63) is 95.8 Å². The van der Waals surface area contributed by atoms with Crippen molar-refractivity contribution in [2.24, 2.45) is 10.9 Å². The smallest absolute Gasteiger partial charge is 0.267 e. The van der Waals surface area contributed by atoms with Crippen LogP contribution in [0.3, 0.4) is 0 Å². The fraction of sp³-hybridized carbons (Fsp3) is 0.130. The van der Waals surface area contributed by atoms with Gasteiger partial charge in [-0.05, 0) is 61.0 Å². The largest absolute Gasteiger partial charge is 0.489 e. The lowest BCUT2D eigenvalue weighted by molar-refractivity contribution is -0.126. The topological polar surface area (TPSA) is 85.9 Å². The lowest BCUT2D eigenvalue weighted by Gasteiger charge is -2.12. The molecule has 0 saturated heterocycles. The Morgan fingerprint density at radius 2 is 1.70 bits per heavy atom. The Morgan fingerprint density at radius 3 is 2.37 bits per heavy atom. The number of hydrogen-bond acceptors (Lipinski definition) is 4. The van der Waals surface area contributed by atoms with Gasteiger partial charge in [0, 0.05) is 11.3 Å². The van der Waals surface area contributed by atoms with Gasteiger partial charge in [-0.25, -0.2) is 4.39 Å². The minimum Gasteiger partial charge on any atom is -0.489 e. The summed E-state index contributed by atoms with van der Waals surface area (Å²) in [5.41, 5.74) is 7.95. The van der Waals surface area contributed by atoms with E-state index >= 15 is 0 Å². The maximum Gasteiger partial charge on any atom is 0.267 e. The number of carbonyl (C=O) groups is 1. The lowest BCUT2D eigenvalue weighted by Crippen LogP contribution is -2.27. The van der Waals surface area contributed by atoms with Gasteiger partial charge in [-0.1, -0.05) is 35.5 Å².